The molecule has 0 aliphatic carbocycles. The molecule has 28 heavy (non-hydrogen) atoms. The van der Waals surface area contributed by atoms with Gasteiger partial charge in [0.15, 0.2) is 0 Å². The first-order valence-corrected chi connectivity index (χ1v) is 9.02. The highest BCUT2D eigenvalue weighted by molar-refractivity contribution is 6.30. The van der Waals surface area contributed by atoms with E-state index >= 15 is 0 Å². The minimum Gasteiger partial charge on any atom is -0.508 e. The molecule has 2 aliphatic rings. The van der Waals surface area contributed by atoms with Crippen LogP contribution in [-0.2, 0) is 11.2 Å². The van der Waals surface area contributed by atoms with Crippen LogP contribution < -0.4 is 5.32 Å². The molecular weight excluding hydrogens is 364 g/mol. The van der Waals surface area contributed by atoms with Crippen molar-refractivity contribution in [3.63, 3.8) is 0 Å². The minimum absolute atomic E-state index is 0.0452. The van der Waals surface area contributed by atoms with Crippen molar-refractivity contribution in [2.24, 2.45) is 0 Å². The van der Waals surface area contributed by atoms with Crippen molar-refractivity contribution in [3.05, 3.63) is 41.0 Å². The fourth-order valence-corrected chi connectivity index (χ4v) is 4.26. The van der Waals surface area contributed by atoms with Gasteiger partial charge in [-0.2, -0.15) is 0 Å². The van der Waals surface area contributed by atoms with Crippen LogP contribution in [0.5, 0.6) is 5.75 Å². The Morgan fingerprint density at radius 2 is 1.89 bits per heavy atom. The molecule has 1 fully saturated rings. The molecule has 0 spiro atoms. The summed E-state index contributed by atoms with van der Waals surface area (Å²) in [5.74, 6) is -0.926. The first kappa shape index (κ1) is 17.2. The van der Waals surface area contributed by atoms with E-state index in [2.05, 4.69) is 10.3 Å². The van der Waals surface area contributed by atoms with E-state index in [4.69, 9.17) is 4.74 Å². The highest BCUT2D eigenvalue weighted by Crippen LogP contribution is 2.37. The van der Waals surface area contributed by atoms with Crippen molar-refractivity contribution in [2.75, 3.05) is 0 Å². The van der Waals surface area contributed by atoms with E-state index in [0.29, 0.717) is 27.4 Å². The normalized spacial score (nSPS) is 27.0. The van der Waals surface area contributed by atoms with Gasteiger partial charge in [-0.05, 0) is 36.8 Å². The average molecular weight is 382 g/mol. The molecule has 3 aromatic rings. The Bertz CT molecular complexity index is 1170. The van der Waals surface area contributed by atoms with Crippen molar-refractivity contribution in [3.8, 4) is 5.75 Å². The van der Waals surface area contributed by atoms with Crippen molar-refractivity contribution < 1.29 is 29.6 Å². The second kappa shape index (κ2) is 5.78. The van der Waals surface area contributed by atoms with Gasteiger partial charge >= 0.3 is 0 Å². The topological polar surface area (TPSA) is 132 Å². The number of amides is 2. The predicted octanol–water partition coefficient (Wildman–Crippen LogP) is 0.962. The minimum atomic E-state index is -1.05. The molecule has 2 aliphatic heterocycles. The standard InChI is InChI=1S/C20H18N2O6/c1-7-17(24)18(25)13(28-7)5-8-4-11-15(20(27)22-19(11)26)14-10-6-9(23)2-3-12(10)21-16(8)14/h2-4,6-7,13,17-18,21,23-25H,5H2,1H3,(H,22,26,27)/t7-,13?,17-,18+/m1/s1. The van der Waals surface area contributed by atoms with E-state index in [1.807, 2.05) is 0 Å². The number of phenols is 1. The Hall–Kier alpha value is -2.94. The van der Waals surface area contributed by atoms with Gasteiger partial charge in [0.05, 0.1) is 28.9 Å². The molecule has 4 atom stereocenters. The number of rotatable bonds is 2. The number of nitrogens with one attached hydrogen (secondary N) is 2. The van der Waals surface area contributed by atoms with E-state index in [1.54, 1.807) is 25.1 Å². The smallest absolute Gasteiger partial charge is 0.259 e. The summed E-state index contributed by atoms with van der Waals surface area (Å²) in [7, 11) is 0. The van der Waals surface area contributed by atoms with E-state index in [9.17, 15) is 24.9 Å². The van der Waals surface area contributed by atoms with Crippen LogP contribution in [0, 0.1) is 0 Å². The number of H-pyrrole nitrogens is 1. The molecule has 8 heteroatoms. The predicted molar refractivity (Wildman–Crippen MR) is 99.3 cm³/mol. The van der Waals surface area contributed by atoms with Crippen LogP contribution in [-0.4, -0.2) is 56.5 Å². The van der Waals surface area contributed by atoms with Crippen molar-refractivity contribution in [1.82, 2.24) is 10.3 Å². The molecular formula is C20H18N2O6. The van der Waals surface area contributed by atoms with Gasteiger partial charge in [-0.1, -0.05) is 0 Å². The summed E-state index contributed by atoms with van der Waals surface area (Å²) in [6.45, 7) is 1.68. The number of hydrogen-bond donors (Lipinski definition) is 5. The summed E-state index contributed by atoms with van der Waals surface area (Å²) in [6, 6.07) is 6.40. The number of hydrogen-bond acceptors (Lipinski definition) is 6. The lowest BCUT2D eigenvalue weighted by Crippen LogP contribution is -2.32. The molecule has 2 amide bonds. The van der Waals surface area contributed by atoms with E-state index in [0.717, 1.165) is 0 Å². The van der Waals surface area contributed by atoms with Crippen LogP contribution in [0.4, 0.5) is 0 Å². The third-order valence-corrected chi connectivity index (χ3v) is 5.66. The molecule has 5 N–H and O–H groups in total. The maximum atomic E-state index is 12.4. The van der Waals surface area contributed by atoms with Gasteiger partial charge in [-0.25, -0.2) is 0 Å². The average Bonchev–Trinajstić information content (AvgIpc) is 3.24. The van der Waals surface area contributed by atoms with E-state index in [1.165, 1.54) is 6.07 Å². The zero-order valence-electron chi connectivity index (χ0n) is 14.9. The summed E-state index contributed by atoms with van der Waals surface area (Å²) < 4.78 is 5.68. The van der Waals surface area contributed by atoms with Crippen LogP contribution in [0.2, 0.25) is 0 Å². The zero-order chi connectivity index (χ0) is 19.7. The fourth-order valence-electron chi connectivity index (χ4n) is 4.26. The van der Waals surface area contributed by atoms with Crippen LogP contribution in [0.1, 0.15) is 33.2 Å². The number of aromatic amines is 1. The lowest BCUT2D eigenvalue weighted by molar-refractivity contribution is 0.0171. The van der Waals surface area contributed by atoms with Crippen molar-refractivity contribution in [1.29, 1.82) is 0 Å². The van der Waals surface area contributed by atoms with Gasteiger partial charge in [-0.3, -0.25) is 14.9 Å². The summed E-state index contributed by atoms with van der Waals surface area (Å²) in [5, 5.41) is 33.6. The number of fused-ring (bicyclic) bond motifs is 5. The molecule has 0 saturated carbocycles. The van der Waals surface area contributed by atoms with Crippen LogP contribution >= 0.6 is 0 Å². The summed E-state index contributed by atoms with van der Waals surface area (Å²) >= 11 is 0. The van der Waals surface area contributed by atoms with Crippen molar-refractivity contribution in [2.45, 2.75) is 37.8 Å². The molecule has 3 heterocycles. The number of imide groups is 1. The van der Waals surface area contributed by atoms with Gasteiger partial charge in [-0.15, -0.1) is 0 Å². The maximum absolute atomic E-state index is 12.4. The number of phenolic OH excluding ortho intramolecular Hbond substituents is 1. The number of carbonyl (C=O) groups is 2. The Kier molecular flexibility index (Phi) is 3.54. The molecule has 1 aromatic heterocycles. The third kappa shape index (κ3) is 2.29. The van der Waals surface area contributed by atoms with Crippen LogP contribution in [0.15, 0.2) is 24.3 Å². The van der Waals surface area contributed by atoms with Crippen LogP contribution in [0.25, 0.3) is 21.8 Å². The highest BCUT2D eigenvalue weighted by Gasteiger charge is 2.41. The Labute approximate surface area is 158 Å². The quantitative estimate of drug-likeness (QED) is 0.420. The zero-order valence-corrected chi connectivity index (χ0v) is 14.9. The largest absolute Gasteiger partial charge is 0.508 e. The Morgan fingerprint density at radius 1 is 1.11 bits per heavy atom. The second-order valence-electron chi connectivity index (χ2n) is 7.41. The molecule has 0 bridgehead atoms. The second-order valence-corrected chi connectivity index (χ2v) is 7.41. The summed E-state index contributed by atoms with van der Waals surface area (Å²) in [4.78, 5) is 27.9. The number of aromatic hydroxyl groups is 1. The number of carbonyl (C=O) groups excluding carboxylic acids is 2. The number of ether oxygens (including phenoxy) is 1. The molecule has 144 valence electrons. The highest BCUT2D eigenvalue weighted by atomic mass is 16.5. The monoisotopic (exact) mass is 382 g/mol. The molecule has 1 unspecified atom stereocenters. The molecule has 1 saturated heterocycles. The first-order valence-electron chi connectivity index (χ1n) is 9.02. The van der Waals surface area contributed by atoms with E-state index < -0.39 is 36.2 Å². The fraction of sp³-hybridized carbons (Fsp3) is 0.300. The molecule has 0 radical (unpaired) electrons. The number of aromatic nitrogens is 1. The molecule has 5 rings (SSSR count). The summed E-state index contributed by atoms with van der Waals surface area (Å²) in [5.41, 5.74) is 2.53. The number of aliphatic hydroxyl groups is 2. The Morgan fingerprint density at radius 3 is 2.61 bits per heavy atom. The number of benzene rings is 2. The lowest BCUT2D eigenvalue weighted by atomic mass is 9.94. The summed E-state index contributed by atoms with van der Waals surface area (Å²) in [6.07, 6.45) is -2.95. The van der Waals surface area contributed by atoms with Gasteiger partial charge in [0, 0.05) is 22.7 Å². The molecule has 8 nitrogen and oxygen atoms in total. The van der Waals surface area contributed by atoms with Gasteiger partial charge in [0.25, 0.3) is 11.8 Å². The Balaban J connectivity index is 1.75. The molecule has 2 aromatic carbocycles. The van der Waals surface area contributed by atoms with E-state index in [-0.39, 0.29) is 23.3 Å². The first-order chi connectivity index (χ1) is 13.3. The van der Waals surface area contributed by atoms with Gasteiger partial charge < -0.3 is 25.0 Å². The SMILES string of the molecule is C[C@H]1OC(Cc2cc3c(c4c2[nH]c2ccc(O)cc24)C(=O)NC3=O)[C@H](O)[C@@H]1O. The van der Waals surface area contributed by atoms with Crippen LogP contribution in [0.3, 0.4) is 0 Å². The maximum Gasteiger partial charge on any atom is 0.259 e. The number of aliphatic hydroxyl groups excluding tert-OH is 2. The van der Waals surface area contributed by atoms with Gasteiger partial charge in [0.1, 0.15) is 18.0 Å². The third-order valence-electron chi connectivity index (χ3n) is 5.66. The lowest BCUT2D eigenvalue weighted by Gasteiger charge is -2.16. The van der Waals surface area contributed by atoms with Crippen molar-refractivity contribution >= 4 is 33.6 Å². The van der Waals surface area contributed by atoms with Gasteiger partial charge in [0.2, 0.25) is 0 Å².